The Hall–Kier alpha value is -3.95. The number of hydrogen-bond donors (Lipinski definition) is 1. The van der Waals surface area contributed by atoms with Gasteiger partial charge in [0.2, 0.25) is 11.8 Å². The third-order valence-electron chi connectivity index (χ3n) is 9.66. The second-order valence-electron chi connectivity index (χ2n) is 12.5. The number of ether oxygens (including phenoxy) is 2. The van der Waals surface area contributed by atoms with E-state index >= 15 is 0 Å². The fourth-order valence-electron chi connectivity index (χ4n) is 7.87. The lowest BCUT2D eigenvalue weighted by molar-refractivity contribution is -0.144. The van der Waals surface area contributed by atoms with Crippen molar-refractivity contribution in [1.29, 1.82) is 0 Å². The van der Waals surface area contributed by atoms with Crippen LogP contribution in [0.3, 0.4) is 0 Å². The first kappa shape index (κ1) is 32.4. The monoisotopic (exact) mass is 615 g/mol. The lowest BCUT2D eigenvalue weighted by Crippen LogP contribution is -2.57. The predicted octanol–water partition coefficient (Wildman–Crippen LogP) is 4.59. The summed E-state index contributed by atoms with van der Waals surface area (Å²) in [6, 6.07) is 12.2. The molecule has 2 bridgehead atoms. The zero-order valence-electron chi connectivity index (χ0n) is 26.8. The topological polar surface area (TPSA) is 99.6 Å². The molecule has 240 valence electrons. The van der Waals surface area contributed by atoms with E-state index in [-0.39, 0.29) is 44.0 Å². The van der Waals surface area contributed by atoms with E-state index in [0.29, 0.717) is 37.3 Å². The van der Waals surface area contributed by atoms with Crippen molar-refractivity contribution in [3.05, 3.63) is 78.9 Å². The van der Waals surface area contributed by atoms with Crippen molar-refractivity contribution in [2.75, 3.05) is 42.6 Å². The van der Waals surface area contributed by atoms with Crippen molar-refractivity contribution in [2.24, 2.45) is 11.8 Å². The molecule has 9 heteroatoms. The number of fused-ring (bicyclic) bond motifs is 1. The van der Waals surface area contributed by atoms with E-state index in [9.17, 15) is 19.5 Å². The zero-order valence-corrected chi connectivity index (χ0v) is 26.8. The molecule has 3 saturated heterocycles. The molecule has 3 amide bonds. The molecule has 0 aliphatic carbocycles. The second-order valence-corrected chi connectivity index (χ2v) is 12.5. The summed E-state index contributed by atoms with van der Waals surface area (Å²) in [5.41, 5.74) is 1.16. The molecular formula is C36H45N3O6. The average molecular weight is 616 g/mol. The van der Waals surface area contributed by atoms with Crippen LogP contribution in [0.15, 0.2) is 67.8 Å². The van der Waals surface area contributed by atoms with Gasteiger partial charge in [-0.3, -0.25) is 14.4 Å². The number of likely N-dealkylation sites (tertiary alicyclic amines) is 1. The largest absolute Gasteiger partial charge is 0.494 e. The third kappa shape index (κ3) is 5.36. The lowest BCUT2D eigenvalue weighted by atomic mass is 9.66. The molecule has 5 rings (SSSR count). The number of rotatable bonds is 13. The highest BCUT2D eigenvalue weighted by molar-refractivity contribution is 6.07. The lowest BCUT2D eigenvalue weighted by Gasteiger charge is -2.37. The van der Waals surface area contributed by atoms with Gasteiger partial charge in [0, 0.05) is 37.6 Å². The smallest absolute Gasteiger partial charge is 0.253 e. The molecule has 3 fully saturated rings. The van der Waals surface area contributed by atoms with E-state index in [2.05, 4.69) is 13.2 Å². The first-order valence-corrected chi connectivity index (χ1v) is 15.8. The molecule has 2 aromatic rings. The Bertz CT molecular complexity index is 1450. The van der Waals surface area contributed by atoms with Gasteiger partial charge in [-0.15, -0.1) is 13.2 Å². The number of carbonyl (C=O) groups is 3. The van der Waals surface area contributed by atoms with Crippen molar-refractivity contribution in [1.82, 2.24) is 4.90 Å². The number of amides is 3. The van der Waals surface area contributed by atoms with Gasteiger partial charge < -0.3 is 29.3 Å². The van der Waals surface area contributed by atoms with Crippen LogP contribution in [0.2, 0.25) is 0 Å². The quantitative estimate of drug-likeness (QED) is 0.331. The molecule has 9 nitrogen and oxygen atoms in total. The van der Waals surface area contributed by atoms with Crippen LogP contribution in [0.25, 0.3) is 0 Å². The van der Waals surface area contributed by atoms with Gasteiger partial charge in [0.05, 0.1) is 24.0 Å². The Kier molecular flexibility index (Phi) is 9.23. The van der Waals surface area contributed by atoms with Gasteiger partial charge in [-0.2, -0.15) is 0 Å². The van der Waals surface area contributed by atoms with E-state index in [0.717, 1.165) is 16.8 Å². The van der Waals surface area contributed by atoms with Crippen molar-refractivity contribution in [3.63, 3.8) is 0 Å². The molecule has 0 saturated carbocycles. The van der Waals surface area contributed by atoms with Crippen LogP contribution in [0.5, 0.6) is 5.75 Å². The highest BCUT2D eigenvalue weighted by atomic mass is 16.5. The number of benzene rings is 2. The standard InChI is InChI=1S/C36H45N3O6/c1-7-20-37(26-14-16-27(17-15-26)44-9-3)32(41)28-29-33(42)39(22-11-23-40)31(36(29)19-18-35(28,6)45-36)34(43)38(21-8-2)30-24(4)12-10-13-25(30)5/h7-8,10,12-17,28-29,31,40H,1-2,9,11,18-23H2,3-6H3/t28-,29-,31?,35+,36?/m0/s1. The van der Waals surface area contributed by atoms with Crippen LogP contribution in [-0.2, 0) is 19.1 Å². The number of carbonyl (C=O) groups excluding carboxylic acids is 3. The highest BCUT2D eigenvalue weighted by Gasteiger charge is 2.78. The molecule has 2 unspecified atom stereocenters. The molecule has 2 aromatic carbocycles. The highest BCUT2D eigenvalue weighted by Crippen LogP contribution is 2.63. The number of hydrogen-bond acceptors (Lipinski definition) is 6. The zero-order chi connectivity index (χ0) is 32.5. The maximum Gasteiger partial charge on any atom is 0.253 e. The summed E-state index contributed by atoms with van der Waals surface area (Å²) in [5, 5.41) is 9.75. The maximum atomic E-state index is 14.8. The van der Waals surface area contributed by atoms with Gasteiger partial charge in [0.1, 0.15) is 17.4 Å². The Morgan fingerprint density at radius 1 is 1.04 bits per heavy atom. The summed E-state index contributed by atoms with van der Waals surface area (Å²) in [4.78, 5) is 48.8. The molecule has 5 atom stereocenters. The SMILES string of the molecule is C=CCN(C(=O)[C@@H]1[C@H]2C(=O)N(CCCO)C(C(=O)N(CC=C)c3c(C)cccc3C)C23CC[C@@]1(C)O3)c1ccc(OCC)cc1. The second kappa shape index (κ2) is 12.8. The maximum absolute atomic E-state index is 14.8. The van der Waals surface area contributed by atoms with Crippen LogP contribution >= 0.6 is 0 Å². The number of aryl methyl sites for hydroxylation is 2. The van der Waals surface area contributed by atoms with Gasteiger partial charge >= 0.3 is 0 Å². The summed E-state index contributed by atoms with van der Waals surface area (Å²) in [6.07, 6.45) is 4.64. The Labute approximate surface area is 266 Å². The minimum absolute atomic E-state index is 0.137. The summed E-state index contributed by atoms with van der Waals surface area (Å²) in [6.45, 7) is 16.6. The molecule has 0 aromatic heterocycles. The van der Waals surface area contributed by atoms with Gasteiger partial charge in [-0.1, -0.05) is 30.4 Å². The summed E-state index contributed by atoms with van der Waals surface area (Å²) in [5.74, 6) is -1.76. The Morgan fingerprint density at radius 2 is 1.69 bits per heavy atom. The third-order valence-corrected chi connectivity index (χ3v) is 9.66. The molecule has 45 heavy (non-hydrogen) atoms. The van der Waals surface area contributed by atoms with E-state index in [4.69, 9.17) is 9.47 Å². The summed E-state index contributed by atoms with van der Waals surface area (Å²) in [7, 11) is 0. The molecular weight excluding hydrogens is 570 g/mol. The van der Waals surface area contributed by atoms with Gasteiger partial charge in [-0.25, -0.2) is 0 Å². The van der Waals surface area contributed by atoms with Crippen molar-refractivity contribution < 1.29 is 29.0 Å². The van der Waals surface area contributed by atoms with Crippen molar-refractivity contribution >= 4 is 29.1 Å². The molecule has 3 aliphatic heterocycles. The normalized spacial score (nSPS) is 26.5. The van der Waals surface area contributed by atoms with Gasteiger partial charge in [0.15, 0.2) is 0 Å². The Morgan fingerprint density at radius 3 is 2.29 bits per heavy atom. The average Bonchev–Trinajstić information content (AvgIpc) is 3.58. The van der Waals surface area contributed by atoms with Crippen LogP contribution in [0, 0.1) is 25.7 Å². The Balaban J connectivity index is 1.58. The van der Waals surface area contributed by atoms with E-state index in [1.807, 2.05) is 70.2 Å². The predicted molar refractivity (Wildman–Crippen MR) is 174 cm³/mol. The number of anilines is 2. The fraction of sp³-hybridized carbons (Fsp3) is 0.472. The summed E-state index contributed by atoms with van der Waals surface area (Å²) < 4.78 is 12.5. The first-order chi connectivity index (χ1) is 21.6. The first-order valence-electron chi connectivity index (χ1n) is 15.8. The number of para-hydroxylation sites is 1. The molecule has 3 aliphatic rings. The van der Waals surface area contributed by atoms with Gasteiger partial charge in [-0.05, 0) is 82.3 Å². The number of nitrogens with zero attached hydrogens (tertiary/aromatic N) is 3. The van der Waals surface area contributed by atoms with Crippen LogP contribution in [0.1, 0.15) is 44.2 Å². The van der Waals surface area contributed by atoms with Crippen LogP contribution in [0.4, 0.5) is 11.4 Å². The van der Waals surface area contributed by atoms with E-state index in [1.54, 1.807) is 26.9 Å². The van der Waals surface area contributed by atoms with Crippen LogP contribution < -0.4 is 14.5 Å². The number of aliphatic hydroxyl groups excluding tert-OH is 1. The fourth-order valence-corrected chi connectivity index (χ4v) is 7.87. The summed E-state index contributed by atoms with van der Waals surface area (Å²) >= 11 is 0. The molecule has 3 heterocycles. The minimum atomic E-state index is -1.19. The minimum Gasteiger partial charge on any atom is -0.494 e. The molecule has 1 spiro atoms. The number of aliphatic hydroxyl groups is 1. The van der Waals surface area contributed by atoms with Crippen molar-refractivity contribution in [3.8, 4) is 5.75 Å². The van der Waals surface area contributed by atoms with Crippen LogP contribution in [-0.4, -0.2) is 77.8 Å². The van der Waals surface area contributed by atoms with E-state index in [1.165, 1.54) is 0 Å². The molecule has 0 radical (unpaired) electrons. The van der Waals surface area contributed by atoms with Gasteiger partial charge in [0.25, 0.3) is 5.91 Å². The molecule has 1 N–H and O–H groups in total. The van der Waals surface area contributed by atoms with Crippen molar-refractivity contribution in [2.45, 2.75) is 64.2 Å². The van der Waals surface area contributed by atoms with E-state index < -0.39 is 29.1 Å².